The summed E-state index contributed by atoms with van der Waals surface area (Å²) in [6.07, 6.45) is 2.61. The molecule has 1 aliphatic rings. The van der Waals surface area contributed by atoms with Crippen LogP contribution in [0.3, 0.4) is 0 Å². The van der Waals surface area contributed by atoms with Crippen molar-refractivity contribution in [3.05, 3.63) is 29.8 Å². The molecule has 0 bridgehead atoms. The van der Waals surface area contributed by atoms with Gasteiger partial charge in [0.25, 0.3) is 0 Å². The minimum atomic E-state index is -3.64. The van der Waals surface area contributed by atoms with E-state index in [1.165, 1.54) is 16.4 Å². The lowest BCUT2D eigenvalue weighted by Gasteiger charge is -2.34. The molecule has 0 spiro atoms. The Kier molecular flexibility index (Phi) is 4.20. The zero-order valence-corrected chi connectivity index (χ0v) is 11.4. The number of piperidine rings is 1. The van der Waals surface area contributed by atoms with E-state index in [0.29, 0.717) is 13.1 Å². The maximum Gasteiger partial charge on any atom is 0.244 e. The summed E-state index contributed by atoms with van der Waals surface area (Å²) in [5.41, 5.74) is 5.85. The number of hydrogen-bond acceptors (Lipinski definition) is 4. The Morgan fingerprint density at radius 1 is 1.37 bits per heavy atom. The fourth-order valence-corrected chi connectivity index (χ4v) is 4.28. The molecule has 1 fully saturated rings. The molecule has 102 valence electrons. The summed E-state index contributed by atoms with van der Waals surface area (Å²) in [5, 5.41) is 9.05. The van der Waals surface area contributed by atoms with Gasteiger partial charge in [0.1, 0.15) is 6.07 Å². The molecular weight excluding hydrogens is 262 g/mol. The quantitative estimate of drug-likeness (QED) is 0.896. The molecule has 1 unspecified atom stereocenters. The molecule has 0 radical (unpaired) electrons. The minimum Gasteiger partial charge on any atom is -0.329 e. The summed E-state index contributed by atoms with van der Waals surface area (Å²) in [7, 11) is -3.64. The molecule has 1 aliphatic heterocycles. The highest BCUT2D eigenvalue weighted by Gasteiger charge is 2.33. The molecule has 1 saturated heterocycles. The first-order chi connectivity index (χ1) is 9.11. The van der Waals surface area contributed by atoms with E-state index in [-0.39, 0.29) is 16.5 Å². The molecule has 1 heterocycles. The smallest absolute Gasteiger partial charge is 0.244 e. The van der Waals surface area contributed by atoms with Crippen molar-refractivity contribution in [1.29, 1.82) is 5.26 Å². The number of rotatable bonds is 3. The largest absolute Gasteiger partial charge is 0.329 e. The first-order valence-corrected chi connectivity index (χ1v) is 7.76. The molecule has 1 aromatic carbocycles. The fourth-order valence-electron chi connectivity index (χ4n) is 2.44. The van der Waals surface area contributed by atoms with Crippen molar-refractivity contribution in [2.24, 2.45) is 5.73 Å². The first-order valence-electron chi connectivity index (χ1n) is 6.32. The number of hydrogen-bond donors (Lipinski definition) is 1. The van der Waals surface area contributed by atoms with E-state index < -0.39 is 10.0 Å². The summed E-state index contributed by atoms with van der Waals surface area (Å²) in [5.74, 6) is 0. The third-order valence-corrected chi connectivity index (χ3v) is 5.45. The van der Waals surface area contributed by atoms with Gasteiger partial charge in [-0.3, -0.25) is 0 Å². The molecule has 2 rings (SSSR count). The highest BCUT2D eigenvalue weighted by molar-refractivity contribution is 7.89. The summed E-state index contributed by atoms with van der Waals surface area (Å²) < 4.78 is 26.8. The maximum absolute atomic E-state index is 12.7. The van der Waals surface area contributed by atoms with Crippen LogP contribution < -0.4 is 5.73 Å². The molecule has 0 amide bonds. The second-order valence-corrected chi connectivity index (χ2v) is 6.47. The van der Waals surface area contributed by atoms with Crippen LogP contribution in [0.1, 0.15) is 24.8 Å². The van der Waals surface area contributed by atoms with Crippen LogP contribution in [0.5, 0.6) is 0 Å². The molecule has 0 saturated carbocycles. The van der Waals surface area contributed by atoms with Gasteiger partial charge >= 0.3 is 0 Å². The van der Waals surface area contributed by atoms with Crippen LogP contribution in [0.25, 0.3) is 0 Å². The predicted molar refractivity (Wildman–Crippen MR) is 71.7 cm³/mol. The van der Waals surface area contributed by atoms with Crippen LogP contribution in [0.4, 0.5) is 0 Å². The van der Waals surface area contributed by atoms with Crippen molar-refractivity contribution in [3.63, 3.8) is 0 Å². The van der Waals surface area contributed by atoms with E-state index >= 15 is 0 Å². The van der Waals surface area contributed by atoms with Gasteiger partial charge in [0.05, 0.1) is 10.5 Å². The van der Waals surface area contributed by atoms with E-state index in [1.807, 2.05) is 6.07 Å². The van der Waals surface area contributed by atoms with Crippen molar-refractivity contribution in [1.82, 2.24) is 4.31 Å². The third kappa shape index (κ3) is 2.63. The molecule has 2 N–H and O–H groups in total. The van der Waals surface area contributed by atoms with Crippen LogP contribution in [-0.4, -0.2) is 31.9 Å². The molecule has 0 aliphatic carbocycles. The Morgan fingerprint density at radius 3 is 2.79 bits per heavy atom. The Hall–Kier alpha value is -1.42. The van der Waals surface area contributed by atoms with Gasteiger partial charge in [-0.15, -0.1) is 0 Å². The van der Waals surface area contributed by atoms with E-state index in [9.17, 15) is 8.42 Å². The van der Waals surface area contributed by atoms with Crippen molar-refractivity contribution in [3.8, 4) is 6.07 Å². The summed E-state index contributed by atoms with van der Waals surface area (Å²) in [6, 6.07) is 8.07. The lowest BCUT2D eigenvalue weighted by Crippen LogP contribution is -2.47. The molecular formula is C13H17N3O2S. The van der Waals surface area contributed by atoms with Gasteiger partial charge in [-0.05, 0) is 25.0 Å². The van der Waals surface area contributed by atoms with Gasteiger partial charge in [-0.2, -0.15) is 9.57 Å². The fraction of sp³-hybridized carbons (Fsp3) is 0.462. The number of sulfonamides is 1. The molecule has 5 nitrogen and oxygen atoms in total. The molecule has 19 heavy (non-hydrogen) atoms. The summed E-state index contributed by atoms with van der Waals surface area (Å²) >= 11 is 0. The Morgan fingerprint density at radius 2 is 2.11 bits per heavy atom. The lowest BCUT2D eigenvalue weighted by atomic mass is 10.1. The van der Waals surface area contributed by atoms with E-state index in [4.69, 9.17) is 11.0 Å². The molecule has 0 aromatic heterocycles. The van der Waals surface area contributed by atoms with Crippen LogP contribution in [0.15, 0.2) is 29.2 Å². The van der Waals surface area contributed by atoms with Crippen LogP contribution in [0, 0.1) is 11.3 Å². The average Bonchev–Trinajstić information content (AvgIpc) is 2.47. The number of nitrogens with zero attached hydrogens (tertiary/aromatic N) is 2. The lowest BCUT2D eigenvalue weighted by molar-refractivity contribution is 0.257. The van der Waals surface area contributed by atoms with Crippen molar-refractivity contribution >= 4 is 10.0 Å². The number of nitriles is 1. The predicted octanol–water partition coefficient (Wildman–Crippen LogP) is 1.06. The molecule has 1 atom stereocenters. The SMILES string of the molecule is N#Cc1ccccc1S(=O)(=O)N1CCCCC1CN. The minimum absolute atomic E-state index is 0.0813. The van der Waals surface area contributed by atoms with Crippen molar-refractivity contribution < 1.29 is 8.42 Å². The molecule has 1 aromatic rings. The van der Waals surface area contributed by atoms with E-state index in [2.05, 4.69) is 0 Å². The Labute approximate surface area is 113 Å². The number of nitrogens with two attached hydrogens (primary N) is 1. The van der Waals surface area contributed by atoms with Crippen molar-refractivity contribution in [2.75, 3.05) is 13.1 Å². The van der Waals surface area contributed by atoms with Gasteiger partial charge in [-0.25, -0.2) is 8.42 Å². The Bertz CT molecular complexity index is 592. The second-order valence-electron chi connectivity index (χ2n) is 4.61. The van der Waals surface area contributed by atoms with Gasteiger partial charge < -0.3 is 5.73 Å². The highest BCUT2D eigenvalue weighted by atomic mass is 32.2. The summed E-state index contributed by atoms with van der Waals surface area (Å²) in [6.45, 7) is 0.790. The third-order valence-electron chi connectivity index (χ3n) is 3.44. The molecule has 6 heteroatoms. The number of benzene rings is 1. The Balaban J connectivity index is 2.44. The first kappa shape index (κ1) is 14.0. The zero-order chi connectivity index (χ0) is 13.9. The van der Waals surface area contributed by atoms with Gasteiger partial charge in [0.2, 0.25) is 10.0 Å². The van der Waals surface area contributed by atoms with Crippen LogP contribution >= 0.6 is 0 Å². The standard InChI is InChI=1S/C13H17N3O2S/c14-9-11-5-1-2-7-13(11)19(17,18)16-8-4-3-6-12(16)10-15/h1-2,5,7,12H,3-4,6,8,10,15H2. The topological polar surface area (TPSA) is 87.2 Å². The van der Waals surface area contributed by atoms with E-state index in [1.54, 1.807) is 12.1 Å². The van der Waals surface area contributed by atoms with Crippen LogP contribution in [-0.2, 0) is 10.0 Å². The van der Waals surface area contributed by atoms with Gasteiger partial charge in [0.15, 0.2) is 0 Å². The van der Waals surface area contributed by atoms with Crippen LogP contribution in [0.2, 0.25) is 0 Å². The average molecular weight is 279 g/mol. The van der Waals surface area contributed by atoms with Gasteiger partial charge in [-0.1, -0.05) is 18.6 Å². The summed E-state index contributed by atoms with van der Waals surface area (Å²) in [4.78, 5) is 0.0813. The monoisotopic (exact) mass is 279 g/mol. The highest BCUT2D eigenvalue weighted by Crippen LogP contribution is 2.26. The zero-order valence-electron chi connectivity index (χ0n) is 10.6. The van der Waals surface area contributed by atoms with Crippen molar-refractivity contribution in [2.45, 2.75) is 30.2 Å². The second kappa shape index (κ2) is 5.70. The maximum atomic E-state index is 12.7. The van der Waals surface area contributed by atoms with E-state index in [0.717, 1.165) is 19.3 Å². The van der Waals surface area contributed by atoms with Gasteiger partial charge in [0, 0.05) is 19.1 Å². The normalized spacial score (nSPS) is 20.9.